The lowest BCUT2D eigenvalue weighted by Gasteiger charge is -2.03. The topological polar surface area (TPSA) is 110 Å². The molecule has 21 heavy (non-hydrogen) atoms. The number of amides is 1. The summed E-state index contributed by atoms with van der Waals surface area (Å²) in [5.41, 5.74) is 0.714. The monoisotopic (exact) mass is 287 g/mol. The van der Waals surface area contributed by atoms with Gasteiger partial charge in [-0.2, -0.15) is 5.10 Å². The Balaban J connectivity index is 1.69. The standard InChI is InChI=1S/C13H13N5O3/c19-11(20)7-18-6-9(5-15-18)16-13(21)10-3-4-14-12(17-10)8-1-2-8/h3-6,8H,1-2,7H2,(H,16,21)(H,19,20). The van der Waals surface area contributed by atoms with Gasteiger partial charge in [0.25, 0.3) is 5.91 Å². The fourth-order valence-corrected chi connectivity index (χ4v) is 1.89. The molecular formula is C13H13N5O3. The van der Waals surface area contributed by atoms with E-state index >= 15 is 0 Å². The highest BCUT2D eigenvalue weighted by Crippen LogP contribution is 2.37. The number of aliphatic carboxylic acids is 1. The fraction of sp³-hybridized carbons (Fsp3) is 0.308. The van der Waals surface area contributed by atoms with Crippen LogP contribution in [0.5, 0.6) is 0 Å². The maximum atomic E-state index is 12.1. The molecule has 2 aromatic heterocycles. The Hall–Kier alpha value is -2.77. The van der Waals surface area contributed by atoms with Crippen molar-refractivity contribution in [2.75, 3.05) is 5.32 Å². The Labute approximate surface area is 119 Å². The second kappa shape index (κ2) is 5.31. The molecule has 1 saturated carbocycles. The minimum absolute atomic E-state index is 0.255. The lowest BCUT2D eigenvalue weighted by Crippen LogP contribution is -2.14. The first kappa shape index (κ1) is 13.2. The van der Waals surface area contributed by atoms with Crippen molar-refractivity contribution in [1.82, 2.24) is 19.7 Å². The molecule has 0 unspecified atom stereocenters. The van der Waals surface area contributed by atoms with Crippen LogP contribution in [-0.4, -0.2) is 36.7 Å². The van der Waals surface area contributed by atoms with Crippen LogP contribution < -0.4 is 5.32 Å². The van der Waals surface area contributed by atoms with Crippen molar-refractivity contribution in [1.29, 1.82) is 0 Å². The molecule has 0 aliphatic heterocycles. The largest absolute Gasteiger partial charge is 0.480 e. The molecule has 1 amide bonds. The second-order valence-corrected chi connectivity index (χ2v) is 4.85. The molecule has 0 atom stereocenters. The van der Waals surface area contributed by atoms with Gasteiger partial charge in [0.15, 0.2) is 0 Å². The predicted molar refractivity (Wildman–Crippen MR) is 71.8 cm³/mol. The molecule has 0 radical (unpaired) electrons. The van der Waals surface area contributed by atoms with Gasteiger partial charge in [0.1, 0.15) is 18.1 Å². The minimum Gasteiger partial charge on any atom is -0.480 e. The van der Waals surface area contributed by atoms with Crippen molar-refractivity contribution < 1.29 is 14.7 Å². The SMILES string of the molecule is O=C(O)Cn1cc(NC(=O)c2ccnc(C3CC3)n2)cn1. The Morgan fingerprint density at radius 2 is 2.24 bits per heavy atom. The summed E-state index contributed by atoms with van der Waals surface area (Å²) in [7, 11) is 0. The Morgan fingerprint density at radius 1 is 1.43 bits per heavy atom. The highest BCUT2D eigenvalue weighted by Gasteiger charge is 2.27. The van der Waals surface area contributed by atoms with Crippen molar-refractivity contribution in [3.8, 4) is 0 Å². The third-order valence-corrected chi connectivity index (χ3v) is 3.04. The lowest BCUT2D eigenvalue weighted by atomic mass is 10.3. The highest BCUT2D eigenvalue weighted by atomic mass is 16.4. The molecule has 1 aliphatic rings. The molecule has 8 heteroatoms. The van der Waals surface area contributed by atoms with Crippen LogP contribution in [0.4, 0.5) is 5.69 Å². The first-order chi connectivity index (χ1) is 10.1. The molecule has 2 heterocycles. The number of hydrogen-bond acceptors (Lipinski definition) is 5. The molecule has 108 valence electrons. The lowest BCUT2D eigenvalue weighted by molar-refractivity contribution is -0.137. The maximum Gasteiger partial charge on any atom is 0.325 e. The van der Waals surface area contributed by atoms with Gasteiger partial charge < -0.3 is 10.4 Å². The first-order valence-corrected chi connectivity index (χ1v) is 6.50. The summed E-state index contributed by atoms with van der Waals surface area (Å²) in [6.45, 7) is -0.255. The zero-order chi connectivity index (χ0) is 14.8. The van der Waals surface area contributed by atoms with E-state index < -0.39 is 5.97 Å². The summed E-state index contributed by atoms with van der Waals surface area (Å²) in [5, 5.41) is 15.1. The molecule has 0 saturated heterocycles. The Kier molecular flexibility index (Phi) is 3.35. The summed E-state index contributed by atoms with van der Waals surface area (Å²) < 4.78 is 1.23. The molecule has 0 spiro atoms. The number of nitrogens with one attached hydrogen (secondary N) is 1. The number of hydrogen-bond donors (Lipinski definition) is 2. The number of carboxylic acids is 1. The summed E-state index contributed by atoms with van der Waals surface area (Å²) >= 11 is 0. The van der Waals surface area contributed by atoms with Gasteiger partial charge in [0, 0.05) is 18.3 Å². The molecule has 1 aliphatic carbocycles. The van der Waals surface area contributed by atoms with Crippen LogP contribution >= 0.6 is 0 Å². The van der Waals surface area contributed by atoms with Gasteiger partial charge in [-0.25, -0.2) is 9.97 Å². The van der Waals surface area contributed by atoms with Crippen molar-refractivity contribution >= 4 is 17.6 Å². The Morgan fingerprint density at radius 3 is 2.95 bits per heavy atom. The van der Waals surface area contributed by atoms with Crippen LogP contribution in [0.1, 0.15) is 35.1 Å². The number of carboxylic acid groups (broad SMARTS) is 1. The average molecular weight is 287 g/mol. The molecule has 2 aromatic rings. The number of carbonyl (C=O) groups is 2. The zero-order valence-electron chi connectivity index (χ0n) is 11.1. The molecule has 0 aromatic carbocycles. The van der Waals surface area contributed by atoms with E-state index in [0.717, 1.165) is 12.8 Å². The van der Waals surface area contributed by atoms with Gasteiger partial charge in [-0.05, 0) is 18.9 Å². The van der Waals surface area contributed by atoms with Gasteiger partial charge >= 0.3 is 5.97 Å². The number of anilines is 1. The van der Waals surface area contributed by atoms with Crippen molar-refractivity contribution in [3.05, 3.63) is 36.2 Å². The molecule has 2 N–H and O–H groups in total. The van der Waals surface area contributed by atoms with Crippen molar-refractivity contribution in [2.45, 2.75) is 25.3 Å². The summed E-state index contributed by atoms with van der Waals surface area (Å²) in [4.78, 5) is 31.0. The van der Waals surface area contributed by atoms with Gasteiger partial charge in [-0.3, -0.25) is 14.3 Å². The van der Waals surface area contributed by atoms with Gasteiger partial charge in [-0.15, -0.1) is 0 Å². The normalized spacial score (nSPS) is 13.9. The number of carbonyl (C=O) groups excluding carboxylic acids is 1. The average Bonchev–Trinajstić information content (AvgIpc) is 3.22. The highest BCUT2D eigenvalue weighted by molar-refractivity contribution is 6.02. The van der Waals surface area contributed by atoms with Gasteiger partial charge in [-0.1, -0.05) is 0 Å². The molecular weight excluding hydrogens is 274 g/mol. The molecule has 8 nitrogen and oxygen atoms in total. The van der Waals surface area contributed by atoms with E-state index in [1.807, 2.05) is 0 Å². The Bertz CT molecular complexity index is 693. The van der Waals surface area contributed by atoms with Crippen LogP contribution in [0.25, 0.3) is 0 Å². The van der Waals surface area contributed by atoms with Crippen LogP contribution in [0, 0.1) is 0 Å². The van der Waals surface area contributed by atoms with Crippen LogP contribution in [0.2, 0.25) is 0 Å². The summed E-state index contributed by atoms with van der Waals surface area (Å²) in [5.74, 6) is -0.296. The van der Waals surface area contributed by atoms with Crippen molar-refractivity contribution in [3.63, 3.8) is 0 Å². The third kappa shape index (κ3) is 3.22. The van der Waals surface area contributed by atoms with Crippen LogP contribution in [-0.2, 0) is 11.3 Å². The van der Waals surface area contributed by atoms with Gasteiger partial charge in [0.05, 0.1) is 11.9 Å². The number of nitrogens with zero attached hydrogens (tertiary/aromatic N) is 4. The van der Waals surface area contributed by atoms with Crippen LogP contribution in [0.3, 0.4) is 0 Å². The minimum atomic E-state index is -0.999. The number of aromatic nitrogens is 4. The molecule has 1 fully saturated rings. The zero-order valence-corrected chi connectivity index (χ0v) is 11.1. The van der Waals surface area contributed by atoms with E-state index in [1.54, 1.807) is 12.3 Å². The molecule has 0 bridgehead atoms. The smallest absolute Gasteiger partial charge is 0.325 e. The quantitative estimate of drug-likeness (QED) is 0.845. The van der Waals surface area contributed by atoms with Crippen molar-refractivity contribution in [2.24, 2.45) is 0 Å². The summed E-state index contributed by atoms with van der Waals surface area (Å²) in [6.07, 6.45) is 6.54. The fourth-order valence-electron chi connectivity index (χ4n) is 1.89. The first-order valence-electron chi connectivity index (χ1n) is 6.50. The third-order valence-electron chi connectivity index (χ3n) is 3.04. The van der Waals surface area contributed by atoms with E-state index in [0.29, 0.717) is 17.4 Å². The maximum absolute atomic E-state index is 12.1. The second-order valence-electron chi connectivity index (χ2n) is 4.85. The van der Waals surface area contributed by atoms with E-state index in [1.165, 1.54) is 17.1 Å². The summed E-state index contributed by atoms with van der Waals surface area (Å²) in [6, 6.07) is 1.54. The van der Waals surface area contributed by atoms with E-state index in [2.05, 4.69) is 20.4 Å². The van der Waals surface area contributed by atoms with E-state index in [4.69, 9.17) is 5.11 Å². The van der Waals surface area contributed by atoms with Gasteiger partial charge in [0.2, 0.25) is 0 Å². The van der Waals surface area contributed by atoms with Crippen LogP contribution in [0.15, 0.2) is 24.7 Å². The van der Waals surface area contributed by atoms with E-state index in [9.17, 15) is 9.59 Å². The molecule has 3 rings (SSSR count). The van der Waals surface area contributed by atoms with E-state index in [-0.39, 0.29) is 18.1 Å². The number of rotatable bonds is 5. The predicted octanol–water partition coefficient (Wildman–Crippen LogP) is 0.887.